The molecule has 0 aliphatic heterocycles. The monoisotopic (exact) mass is 287 g/mol. The summed E-state index contributed by atoms with van der Waals surface area (Å²) >= 11 is 9.10. The van der Waals surface area contributed by atoms with Crippen molar-refractivity contribution >= 4 is 34.3 Å². The zero-order chi connectivity index (χ0) is 12.4. The Hall–Kier alpha value is -0.490. The molecule has 3 nitrogen and oxygen atoms in total. The van der Waals surface area contributed by atoms with Gasteiger partial charge in [0.05, 0.1) is 16.9 Å². The predicted molar refractivity (Wildman–Crippen MR) is 74.0 cm³/mol. The van der Waals surface area contributed by atoms with Gasteiger partial charge in [0.1, 0.15) is 9.34 Å². The lowest BCUT2D eigenvalue weighted by Gasteiger charge is -2.11. The minimum Gasteiger partial charge on any atom is -0.303 e. The van der Waals surface area contributed by atoms with Gasteiger partial charge in [-0.1, -0.05) is 11.6 Å². The molecule has 2 heterocycles. The number of aromatic nitrogens is 2. The molecule has 0 saturated carbocycles. The SMILES string of the molecule is Cc1nc(C)c(C(C)NCc2ncc(Cl)s2)s1. The first-order valence-electron chi connectivity index (χ1n) is 5.33. The minimum atomic E-state index is 0.295. The highest BCUT2D eigenvalue weighted by molar-refractivity contribution is 7.15. The number of nitrogens with one attached hydrogen (secondary N) is 1. The second-order valence-corrected chi connectivity index (χ2v) is 6.82. The maximum absolute atomic E-state index is 5.84. The van der Waals surface area contributed by atoms with E-state index in [1.807, 2.05) is 6.92 Å². The minimum absolute atomic E-state index is 0.295. The van der Waals surface area contributed by atoms with Gasteiger partial charge in [-0.2, -0.15) is 0 Å². The maximum atomic E-state index is 5.84. The van der Waals surface area contributed by atoms with E-state index in [9.17, 15) is 0 Å². The van der Waals surface area contributed by atoms with Crippen molar-refractivity contribution in [3.05, 3.63) is 31.1 Å². The molecule has 17 heavy (non-hydrogen) atoms. The lowest BCUT2D eigenvalue weighted by molar-refractivity contribution is 0.578. The molecule has 92 valence electrons. The van der Waals surface area contributed by atoms with E-state index in [4.69, 9.17) is 11.6 Å². The summed E-state index contributed by atoms with van der Waals surface area (Å²) < 4.78 is 0.735. The molecule has 1 N–H and O–H groups in total. The quantitative estimate of drug-likeness (QED) is 0.931. The third kappa shape index (κ3) is 3.25. The number of aryl methyl sites for hydroxylation is 2. The second kappa shape index (κ2) is 5.44. The third-order valence-electron chi connectivity index (χ3n) is 2.42. The highest BCUT2D eigenvalue weighted by Crippen LogP contribution is 2.25. The predicted octanol–water partition coefficient (Wildman–Crippen LogP) is 3.72. The average molecular weight is 288 g/mol. The highest BCUT2D eigenvalue weighted by Gasteiger charge is 2.12. The molecule has 6 heteroatoms. The van der Waals surface area contributed by atoms with Gasteiger partial charge >= 0.3 is 0 Å². The van der Waals surface area contributed by atoms with Crippen molar-refractivity contribution in [2.24, 2.45) is 0 Å². The second-order valence-electron chi connectivity index (χ2n) is 3.84. The lowest BCUT2D eigenvalue weighted by Crippen LogP contribution is -2.17. The normalized spacial score (nSPS) is 12.9. The Morgan fingerprint density at radius 3 is 2.71 bits per heavy atom. The number of hydrogen-bond donors (Lipinski definition) is 1. The Bertz CT molecular complexity index is 507. The van der Waals surface area contributed by atoms with Crippen LogP contribution < -0.4 is 5.32 Å². The van der Waals surface area contributed by atoms with Gasteiger partial charge in [0.25, 0.3) is 0 Å². The fourth-order valence-corrected chi connectivity index (χ4v) is 3.51. The summed E-state index contributed by atoms with van der Waals surface area (Å²) in [6.45, 7) is 6.98. The van der Waals surface area contributed by atoms with Crippen LogP contribution in [0.3, 0.4) is 0 Å². The molecule has 0 saturated heterocycles. The standard InChI is InChI=1S/C11H14ClN3S2/c1-6(11-7(2)15-8(3)16-11)13-5-10-14-4-9(12)17-10/h4,6,13H,5H2,1-3H3. The molecule has 2 rings (SSSR count). The molecule has 0 fully saturated rings. The fourth-order valence-electron chi connectivity index (χ4n) is 1.65. The van der Waals surface area contributed by atoms with Gasteiger partial charge in [-0.05, 0) is 20.8 Å². The summed E-state index contributed by atoms with van der Waals surface area (Å²) in [7, 11) is 0. The van der Waals surface area contributed by atoms with Crippen LogP contribution >= 0.6 is 34.3 Å². The van der Waals surface area contributed by atoms with Crippen molar-refractivity contribution in [3.63, 3.8) is 0 Å². The molecule has 2 aromatic rings. The van der Waals surface area contributed by atoms with Gasteiger partial charge in [-0.3, -0.25) is 0 Å². The van der Waals surface area contributed by atoms with Gasteiger partial charge in [0.2, 0.25) is 0 Å². The molecule has 0 aliphatic carbocycles. The number of nitrogens with zero attached hydrogens (tertiary/aromatic N) is 2. The van der Waals surface area contributed by atoms with E-state index in [2.05, 4.69) is 29.1 Å². The number of rotatable bonds is 4. The zero-order valence-electron chi connectivity index (χ0n) is 9.95. The first-order valence-corrected chi connectivity index (χ1v) is 7.35. The molecule has 2 aromatic heterocycles. The van der Waals surface area contributed by atoms with E-state index in [0.29, 0.717) is 6.04 Å². The van der Waals surface area contributed by atoms with E-state index >= 15 is 0 Å². The van der Waals surface area contributed by atoms with Crippen LogP contribution in [0.5, 0.6) is 0 Å². The maximum Gasteiger partial charge on any atom is 0.113 e. The Morgan fingerprint density at radius 2 is 2.18 bits per heavy atom. The van der Waals surface area contributed by atoms with E-state index in [-0.39, 0.29) is 0 Å². The summed E-state index contributed by atoms with van der Waals surface area (Å²) in [6, 6.07) is 0.295. The Morgan fingerprint density at radius 1 is 1.41 bits per heavy atom. The first-order chi connectivity index (χ1) is 8.06. The van der Waals surface area contributed by atoms with Crippen molar-refractivity contribution in [3.8, 4) is 0 Å². The largest absolute Gasteiger partial charge is 0.303 e. The van der Waals surface area contributed by atoms with Gasteiger partial charge in [-0.15, -0.1) is 22.7 Å². The van der Waals surface area contributed by atoms with Crippen molar-refractivity contribution in [1.82, 2.24) is 15.3 Å². The number of halogens is 1. The van der Waals surface area contributed by atoms with Crippen LogP contribution in [-0.4, -0.2) is 9.97 Å². The molecule has 1 atom stereocenters. The average Bonchev–Trinajstić information content (AvgIpc) is 2.81. The third-order valence-corrected chi connectivity index (χ3v) is 4.79. The molecule has 0 bridgehead atoms. The van der Waals surface area contributed by atoms with Crippen molar-refractivity contribution in [1.29, 1.82) is 0 Å². The van der Waals surface area contributed by atoms with Crippen LogP contribution in [0, 0.1) is 13.8 Å². The molecule has 0 amide bonds. The lowest BCUT2D eigenvalue weighted by atomic mass is 10.2. The molecule has 0 spiro atoms. The summed E-state index contributed by atoms with van der Waals surface area (Å²) in [5.74, 6) is 0. The molecule has 0 aromatic carbocycles. The van der Waals surface area contributed by atoms with Gasteiger partial charge in [0, 0.05) is 17.5 Å². The molecule has 0 aliphatic rings. The Kier molecular flexibility index (Phi) is 4.14. The Balaban J connectivity index is 1.97. The van der Waals surface area contributed by atoms with Crippen LogP contribution in [0.2, 0.25) is 4.34 Å². The van der Waals surface area contributed by atoms with Crippen LogP contribution in [0.1, 0.15) is 33.6 Å². The first kappa shape index (κ1) is 13.0. The summed E-state index contributed by atoms with van der Waals surface area (Å²) in [6.07, 6.45) is 1.69. The van der Waals surface area contributed by atoms with Gasteiger partial charge in [-0.25, -0.2) is 9.97 Å². The van der Waals surface area contributed by atoms with E-state index in [1.54, 1.807) is 17.5 Å². The summed E-state index contributed by atoms with van der Waals surface area (Å²) in [5.41, 5.74) is 1.12. The number of hydrogen-bond acceptors (Lipinski definition) is 5. The zero-order valence-corrected chi connectivity index (χ0v) is 12.3. The summed E-state index contributed by atoms with van der Waals surface area (Å²) in [4.78, 5) is 9.95. The van der Waals surface area contributed by atoms with Crippen LogP contribution in [0.15, 0.2) is 6.20 Å². The molecular formula is C11H14ClN3S2. The van der Waals surface area contributed by atoms with E-state index in [0.717, 1.165) is 26.6 Å². The van der Waals surface area contributed by atoms with Crippen LogP contribution in [0.25, 0.3) is 0 Å². The van der Waals surface area contributed by atoms with Crippen LogP contribution in [0.4, 0.5) is 0 Å². The van der Waals surface area contributed by atoms with Crippen molar-refractivity contribution < 1.29 is 0 Å². The molecule has 0 radical (unpaired) electrons. The topological polar surface area (TPSA) is 37.8 Å². The number of thiazole rings is 2. The summed E-state index contributed by atoms with van der Waals surface area (Å²) in [5, 5.41) is 5.57. The van der Waals surface area contributed by atoms with E-state index in [1.165, 1.54) is 16.2 Å². The van der Waals surface area contributed by atoms with E-state index < -0.39 is 0 Å². The highest BCUT2D eigenvalue weighted by atomic mass is 35.5. The van der Waals surface area contributed by atoms with Gasteiger partial charge in [0.15, 0.2) is 0 Å². The molecular weight excluding hydrogens is 274 g/mol. The fraction of sp³-hybridized carbons (Fsp3) is 0.455. The van der Waals surface area contributed by atoms with Gasteiger partial charge < -0.3 is 5.32 Å². The molecule has 1 unspecified atom stereocenters. The Labute approximate surface area is 114 Å². The van der Waals surface area contributed by atoms with Crippen molar-refractivity contribution in [2.75, 3.05) is 0 Å². The van der Waals surface area contributed by atoms with Crippen molar-refractivity contribution in [2.45, 2.75) is 33.4 Å². The smallest absolute Gasteiger partial charge is 0.113 e. The van der Waals surface area contributed by atoms with Crippen LogP contribution in [-0.2, 0) is 6.54 Å².